The SMILES string of the molecule is CN(CC(=O)Nc1cccc(N2CCCC2=O)c1)Cc1cccc(Cl)c1Cl. The van der Waals surface area contributed by atoms with Crippen LogP contribution in [-0.2, 0) is 16.1 Å². The number of anilines is 2. The highest BCUT2D eigenvalue weighted by molar-refractivity contribution is 6.42. The van der Waals surface area contributed by atoms with Crippen molar-refractivity contribution in [2.75, 3.05) is 30.4 Å². The van der Waals surface area contributed by atoms with Crippen molar-refractivity contribution < 1.29 is 9.59 Å². The van der Waals surface area contributed by atoms with Crippen LogP contribution >= 0.6 is 23.2 Å². The van der Waals surface area contributed by atoms with Crippen molar-refractivity contribution in [3.05, 3.63) is 58.1 Å². The predicted molar refractivity (Wildman–Crippen MR) is 109 cm³/mol. The van der Waals surface area contributed by atoms with Crippen LogP contribution in [0.4, 0.5) is 11.4 Å². The summed E-state index contributed by atoms with van der Waals surface area (Å²) in [7, 11) is 1.84. The Kier molecular flexibility index (Phi) is 6.37. The van der Waals surface area contributed by atoms with Gasteiger partial charge in [-0.05, 0) is 43.3 Å². The van der Waals surface area contributed by atoms with Crippen molar-refractivity contribution >= 4 is 46.4 Å². The molecule has 2 aromatic rings. The molecule has 5 nitrogen and oxygen atoms in total. The first-order valence-electron chi connectivity index (χ1n) is 8.76. The first kappa shape index (κ1) is 19.7. The first-order valence-corrected chi connectivity index (χ1v) is 9.51. The van der Waals surface area contributed by atoms with Gasteiger partial charge < -0.3 is 10.2 Å². The van der Waals surface area contributed by atoms with Gasteiger partial charge >= 0.3 is 0 Å². The van der Waals surface area contributed by atoms with Crippen LogP contribution in [0.15, 0.2) is 42.5 Å². The van der Waals surface area contributed by atoms with Gasteiger partial charge in [0.05, 0.1) is 16.6 Å². The zero-order valence-electron chi connectivity index (χ0n) is 15.0. The van der Waals surface area contributed by atoms with E-state index in [2.05, 4.69) is 5.32 Å². The molecule has 1 aliphatic heterocycles. The van der Waals surface area contributed by atoms with Crippen molar-refractivity contribution in [1.29, 1.82) is 0 Å². The summed E-state index contributed by atoms with van der Waals surface area (Å²) in [5.41, 5.74) is 2.36. The van der Waals surface area contributed by atoms with Crippen LogP contribution in [0.25, 0.3) is 0 Å². The van der Waals surface area contributed by atoms with Crippen molar-refractivity contribution in [3.8, 4) is 0 Å². The maximum Gasteiger partial charge on any atom is 0.238 e. The number of halogens is 2. The lowest BCUT2D eigenvalue weighted by Crippen LogP contribution is -2.30. The molecule has 2 amide bonds. The highest BCUT2D eigenvalue weighted by atomic mass is 35.5. The van der Waals surface area contributed by atoms with Crippen LogP contribution in [-0.4, -0.2) is 36.9 Å². The summed E-state index contributed by atoms with van der Waals surface area (Å²) in [6.45, 7) is 1.43. The minimum Gasteiger partial charge on any atom is -0.325 e. The Labute approximate surface area is 168 Å². The summed E-state index contributed by atoms with van der Waals surface area (Å²) in [6.07, 6.45) is 1.44. The van der Waals surface area contributed by atoms with E-state index in [-0.39, 0.29) is 18.4 Å². The molecule has 1 fully saturated rings. The van der Waals surface area contributed by atoms with Crippen molar-refractivity contribution in [3.63, 3.8) is 0 Å². The molecular formula is C20H21Cl2N3O2. The molecule has 0 spiro atoms. The fourth-order valence-corrected chi connectivity index (χ4v) is 3.52. The highest BCUT2D eigenvalue weighted by Gasteiger charge is 2.21. The summed E-state index contributed by atoms with van der Waals surface area (Å²) in [6, 6.07) is 12.8. The molecular weight excluding hydrogens is 385 g/mol. The number of rotatable bonds is 6. The molecule has 1 N–H and O–H groups in total. The minimum absolute atomic E-state index is 0.122. The van der Waals surface area contributed by atoms with Gasteiger partial charge in [-0.1, -0.05) is 41.4 Å². The fraction of sp³-hybridized carbons (Fsp3) is 0.300. The molecule has 1 saturated heterocycles. The number of nitrogens with one attached hydrogen (secondary N) is 1. The Morgan fingerprint density at radius 2 is 2.00 bits per heavy atom. The lowest BCUT2D eigenvalue weighted by Gasteiger charge is -2.19. The fourth-order valence-electron chi connectivity index (χ4n) is 3.14. The summed E-state index contributed by atoms with van der Waals surface area (Å²) in [4.78, 5) is 27.9. The van der Waals surface area contributed by atoms with Crippen LogP contribution < -0.4 is 10.2 Å². The molecule has 0 atom stereocenters. The summed E-state index contributed by atoms with van der Waals surface area (Å²) < 4.78 is 0. The molecule has 7 heteroatoms. The molecule has 1 aliphatic rings. The van der Waals surface area contributed by atoms with E-state index in [0.717, 1.165) is 24.2 Å². The molecule has 0 aliphatic carbocycles. The van der Waals surface area contributed by atoms with E-state index in [0.29, 0.717) is 28.7 Å². The smallest absolute Gasteiger partial charge is 0.238 e. The molecule has 3 rings (SSSR count). The number of carbonyl (C=O) groups is 2. The Hall–Kier alpha value is -2.08. The topological polar surface area (TPSA) is 52.7 Å². The third kappa shape index (κ3) is 5.01. The van der Waals surface area contributed by atoms with Crippen LogP contribution in [0, 0.1) is 0 Å². The average Bonchev–Trinajstić information content (AvgIpc) is 3.05. The second kappa shape index (κ2) is 8.74. The molecule has 0 unspecified atom stereocenters. The van der Waals surface area contributed by atoms with Gasteiger partial charge in [-0.25, -0.2) is 0 Å². The molecule has 0 aromatic heterocycles. The second-order valence-electron chi connectivity index (χ2n) is 6.63. The van der Waals surface area contributed by atoms with Gasteiger partial charge in [0.15, 0.2) is 0 Å². The minimum atomic E-state index is -0.138. The summed E-state index contributed by atoms with van der Waals surface area (Å²) in [5, 5.41) is 3.89. The molecule has 0 radical (unpaired) electrons. The molecule has 27 heavy (non-hydrogen) atoms. The van der Waals surface area contributed by atoms with Crippen LogP contribution in [0.5, 0.6) is 0 Å². The molecule has 0 bridgehead atoms. The second-order valence-corrected chi connectivity index (χ2v) is 7.42. The van der Waals surface area contributed by atoms with E-state index in [9.17, 15) is 9.59 Å². The number of hydrogen-bond donors (Lipinski definition) is 1. The zero-order chi connectivity index (χ0) is 19.4. The number of hydrogen-bond acceptors (Lipinski definition) is 3. The quantitative estimate of drug-likeness (QED) is 0.783. The average molecular weight is 406 g/mol. The van der Waals surface area contributed by atoms with E-state index < -0.39 is 0 Å². The Morgan fingerprint density at radius 1 is 1.22 bits per heavy atom. The van der Waals surface area contributed by atoms with Crippen LogP contribution in [0.2, 0.25) is 10.0 Å². The van der Waals surface area contributed by atoms with Crippen LogP contribution in [0.3, 0.4) is 0 Å². The standard InChI is InChI=1S/C20H21Cl2N3O2/c1-24(12-14-5-2-8-17(21)20(14)22)13-18(26)23-15-6-3-7-16(11-15)25-10-4-9-19(25)27/h2-3,5-8,11H,4,9-10,12-13H2,1H3,(H,23,26). The van der Waals surface area contributed by atoms with Gasteiger partial charge in [-0.15, -0.1) is 0 Å². The van der Waals surface area contributed by atoms with E-state index in [1.54, 1.807) is 11.0 Å². The van der Waals surface area contributed by atoms with E-state index in [1.807, 2.05) is 48.3 Å². The van der Waals surface area contributed by atoms with Gasteiger partial charge in [0.1, 0.15) is 0 Å². The molecule has 2 aromatic carbocycles. The maximum atomic E-state index is 12.4. The number of amides is 2. The van der Waals surface area contributed by atoms with Gasteiger partial charge in [-0.2, -0.15) is 0 Å². The Balaban J connectivity index is 1.59. The number of nitrogens with zero attached hydrogens (tertiary/aromatic N) is 2. The largest absolute Gasteiger partial charge is 0.325 e. The maximum absolute atomic E-state index is 12.4. The predicted octanol–water partition coefficient (Wildman–Crippen LogP) is 4.19. The lowest BCUT2D eigenvalue weighted by atomic mass is 10.2. The van der Waals surface area contributed by atoms with E-state index in [4.69, 9.17) is 23.2 Å². The monoisotopic (exact) mass is 405 g/mol. The third-order valence-electron chi connectivity index (χ3n) is 4.40. The van der Waals surface area contributed by atoms with Gasteiger partial charge in [0.25, 0.3) is 0 Å². The first-order chi connectivity index (χ1) is 12.9. The van der Waals surface area contributed by atoms with Gasteiger partial charge in [0, 0.05) is 30.9 Å². The zero-order valence-corrected chi connectivity index (χ0v) is 16.6. The lowest BCUT2D eigenvalue weighted by molar-refractivity contribution is -0.117. The third-order valence-corrected chi connectivity index (χ3v) is 5.26. The summed E-state index contributed by atoms with van der Waals surface area (Å²) in [5.74, 6) is -0.0165. The Bertz CT molecular complexity index is 857. The molecule has 0 saturated carbocycles. The molecule has 1 heterocycles. The normalized spacial score (nSPS) is 14.1. The van der Waals surface area contributed by atoms with Crippen LogP contribution in [0.1, 0.15) is 18.4 Å². The molecule has 142 valence electrons. The highest BCUT2D eigenvalue weighted by Crippen LogP contribution is 2.26. The Morgan fingerprint density at radius 3 is 2.74 bits per heavy atom. The number of likely N-dealkylation sites (N-methyl/N-ethyl adjacent to an activating group) is 1. The van der Waals surface area contributed by atoms with Gasteiger partial charge in [0.2, 0.25) is 11.8 Å². The van der Waals surface area contributed by atoms with Gasteiger partial charge in [-0.3, -0.25) is 14.5 Å². The van der Waals surface area contributed by atoms with Crippen molar-refractivity contribution in [2.24, 2.45) is 0 Å². The number of benzene rings is 2. The van der Waals surface area contributed by atoms with E-state index in [1.165, 1.54) is 0 Å². The summed E-state index contributed by atoms with van der Waals surface area (Å²) >= 11 is 12.2. The van der Waals surface area contributed by atoms with Crippen molar-refractivity contribution in [1.82, 2.24) is 4.90 Å². The van der Waals surface area contributed by atoms with E-state index >= 15 is 0 Å². The van der Waals surface area contributed by atoms with Crippen molar-refractivity contribution in [2.45, 2.75) is 19.4 Å². The number of carbonyl (C=O) groups excluding carboxylic acids is 2.